The zero-order valence-corrected chi connectivity index (χ0v) is 10.8. The molecule has 0 amide bonds. The van der Waals surface area contributed by atoms with Crippen molar-refractivity contribution in [3.05, 3.63) is 60.0 Å². The van der Waals surface area contributed by atoms with Gasteiger partial charge >= 0.3 is 0 Å². The third-order valence-electron chi connectivity index (χ3n) is 2.87. The molecule has 0 aliphatic carbocycles. The molecule has 3 rings (SSSR count). The van der Waals surface area contributed by atoms with E-state index in [4.69, 9.17) is 4.74 Å². The summed E-state index contributed by atoms with van der Waals surface area (Å²) in [5, 5.41) is 4.41. The molecule has 4 heteroatoms. The molecular weight excluding hydrogens is 238 g/mol. The first-order valence-electron chi connectivity index (χ1n) is 6.31. The summed E-state index contributed by atoms with van der Waals surface area (Å²) in [6, 6.07) is 13.8. The van der Waals surface area contributed by atoms with Crippen molar-refractivity contribution >= 4 is 5.65 Å². The molecular formula is C15H15N3O. The molecule has 0 N–H and O–H groups in total. The third-order valence-corrected chi connectivity index (χ3v) is 2.87. The van der Waals surface area contributed by atoms with Crippen LogP contribution in [-0.4, -0.2) is 21.2 Å². The second-order valence-electron chi connectivity index (χ2n) is 4.45. The van der Waals surface area contributed by atoms with Crippen molar-refractivity contribution < 1.29 is 4.74 Å². The molecule has 96 valence electrons. The lowest BCUT2D eigenvalue weighted by Crippen LogP contribution is -2.02. The number of benzene rings is 1. The van der Waals surface area contributed by atoms with Crippen molar-refractivity contribution in [2.75, 3.05) is 6.61 Å². The van der Waals surface area contributed by atoms with Gasteiger partial charge in [-0.1, -0.05) is 18.2 Å². The van der Waals surface area contributed by atoms with E-state index >= 15 is 0 Å². The van der Waals surface area contributed by atoms with Gasteiger partial charge in [0.15, 0.2) is 11.5 Å². The smallest absolute Gasteiger partial charge is 0.155 e. The van der Waals surface area contributed by atoms with Gasteiger partial charge in [0.1, 0.15) is 5.75 Å². The van der Waals surface area contributed by atoms with Crippen LogP contribution in [0.25, 0.3) is 5.65 Å². The summed E-state index contributed by atoms with van der Waals surface area (Å²) >= 11 is 0. The largest absolute Gasteiger partial charge is 0.493 e. The predicted molar refractivity (Wildman–Crippen MR) is 73.4 cm³/mol. The molecule has 0 atom stereocenters. The summed E-state index contributed by atoms with van der Waals surface area (Å²) in [6.45, 7) is 2.63. The first-order chi connectivity index (χ1) is 9.31. The molecule has 0 radical (unpaired) electrons. The molecule has 0 fully saturated rings. The lowest BCUT2D eigenvalue weighted by atomic mass is 10.3. The molecule has 0 spiro atoms. The van der Waals surface area contributed by atoms with Crippen molar-refractivity contribution in [3.63, 3.8) is 0 Å². The Morgan fingerprint density at radius 1 is 1.16 bits per heavy atom. The SMILES string of the molecule is Cc1ccn2nc(CCOc3ccccc3)nc2c1. The van der Waals surface area contributed by atoms with Crippen LogP contribution >= 0.6 is 0 Å². The first-order valence-corrected chi connectivity index (χ1v) is 6.31. The number of hydrogen-bond donors (Lipinski definition) is 0. The van der Waals surface area contributed by atoms with E-state index in [-0.39, 0.29) is 0 Å². The van der Waals surface area contributed by atoms with Crippen LogP contribution in [-0.2, 0) is 6.42 Å². The Bertz CT molecular complexity index is 676. The molecule has 1 aromatic carbocycles. The number of ether oxygens (including phenoxy) is 1. The van der Waals surface area contributed by atoms with Crippen molar-refractivity contribution in [2.45, 2.75) is 13.3 Å². The van der Waals surface area contributed by atoms with E-state index in [1.807, 2.05) is 55.6 Å². The summed E-state index contributed by atoms with van der Waals surface area (Å²) in [5.41, 5.74) is 2.07. The fraction of sp³-hybridized carbons (Fsp3) is 0.200. The topological polar surface area (TPSA) is 39.4 Å². The van der Waals surface area contributed by atoms with Gasteiger partial charge in [-0.15, -0.1) is 0 Å². The number of fused-ring (bicyclic) bond motifs is 1. The average molecular weight is 253 g/mol. The Kier molecular flexibility index (Phi) is 3.14. The van der Waals surface area contributed by atoms with Gasteiger partial charge in [0.05, 0.1) is 6.61 Å². The molecule has 0 bridgehead atoms. The summed E-state index contributed by atoms with van der Waals surface area (Å²) in [6.07, 6.45) is 2.63. The Morgan fingerprint density at radius 2 is 2.00 bits per heavy atom. The zero-order chi connectivity index (χ0) is 13.1. The van der Waals surface area contributed by atoms with Gasteiger partial charge in [-0.05, 0) is 36.8 Å². The van der Waals surface area contributed by atoms with E-state index in [0.29, 0.717) is 13.0 Å². The molecule has 2 heterocycles. The second kappa shape index (κ2) is 5.10. The Morgan fingerprint density at radius 3 is 2.84 bits per heavy atom. The maximum Gasteiger partial charge on any atom is 0.155 e. The first kappa shape index (κ1) is 11.7. The number of aromatic nitrogens is 3. The minimum atomic E-state index is 0.583. The second-order valence-corrected chi connectivity index (χ2v) is 4.45. The normalized spacial score (nSPS) is 10.8. The number of para-hydroxylation sites is 1. The van der Waals surface area contributed by atoms with Crippen molar-refractivity contribution in [1.29, 1.82) is 0 Å². The fourth-order valence-electron chi connectivity index (χ4n) is 1.91. The lowest BCUT2D eigenvalue weighted by molar-refractivity contribution is 0.319. The number of hydrogen-bond acceptors (Lipinski definition) is 3. The van der Waals surface area contributed by atoms with Gasteiger partial charge in [0.25, 0.3) is 0 Å². The standard InChI is InChI=1S/C15H15N3O/c1-12-7-9-18-15(11-12)16-14(17-18)8-10-19-13-5-3-2-4-6-13/h2-7,9,11H,8,10H2,1H3. The molecule has 3 aromatic rings. The molecule has 0 unspecified atom stereocenters. The van der Waals surface area contributed by atoms with E-state index in [2.05, 4.69) is 10.1 Å². The highest BCUT2D eigenvalue weighted by molar-refractivity contribution is 5.39. The zero-order valence-electron chi connectivity index (χ0n) is 10.8. The van der Waals surface area contributed by atoms with E-state index in [9.17, 15) is 0 Å². The molecule has 0 saturated carbocycles. The van der Waals surface area contributed by atoms with Crippen LogP contribution in [0.4, 0.5) is 0 Å². The average Bonchev–Trinajstić information content (AvgIpc) is 2.82. The van der Waals surface area contributed by atoms with Crippen LogP contribution in [0.2, 0.25) is 0 Å². The van der Waals surface area contributed by atoms with E-state index in [1.165, 1.54) is 5.56 Å². The summed E-state index contributed by atoms with van der Waals surface area (Å²) in [4.78, 5) is 4.48. The van der Waals surface area contributed by atoms with Crippen molar-refractivity contribution in [1.82, 2.24) is 14.6 Å². The lowest BCUT2D eigenvalue weighted by Gasteiger charge is -2.03. The van der Waals surface area contributed by atoms with Crippen molar-refractivity contribution in [2.24, 2.45) is 0 Å². The number of pyridine rings is 1. The highest BCUT2D eigenvalue weighted by Gasteiger charge is 2.03. The minimum Gasteiger partial charge on any atom is -0.493 e. The predicted octanol–water partition coefficient (Wildman–Crippen LogP) is 2.66. The number of nitrogens with zero attached hydrogens (tertiary/aromatic N) is 3. The number of rotatable bonds is 4. The summed E-state index contributed by atoms with van der Waals surface area (Å²) in [7, 11) is 0. The molecule has 0 aliphatic heterocycles. The molecule has 0 aliphatic rings. The van der Waals surface area contributed by atoms with Gasteiger partial charge in [0, 0.05) is 12.6 Å². The van der Waals surface area contributed by atoms with E-state index in [1.54, 1.807) is 4.52 Å². The quantitative estimate of drug-likeness (QED) is 0.717. The van der Waals surface area contributed by atoms with Crippen LogP contribution in [0, 0.1) is 6.92 Å². The summed E-state index contributed by atoms with van der Waals surface area (Å²) in [5.74, 6) is 1.68. The number of aryl methyl sites for hydroxylation is 1. The molecule has 2 aromatic heterocycles. The van der Waals surface area contributed by atoms with Crippen LogP contribution in [0.5, 0.6) is 5.75 Å². The van der Waals surface area contributed by atoms with Gasteiger partial charge in [0.2, 0.25) is 0 Å². The maximum absolute atomic E-state index is 5.64. The van der Waals surface area contributed by atoms with Crippen LogP contribution in [0.3, 0.4) is 0 Å². The van der Waals surface area contributed by atoms with Crippen LogP contribution in [0.15, 0.2) is 48.7 Å². The highest BCUT2D eigenvalue weighted by atomic mass is 16.5. The van der Waals surface area contributed by atoms with Gasteiger partial charge in [-0.2, -0.15) is 5.10 Å². The Labute approximate surface area is 111 Å². The summed E-state index contributed by atoms with van der Waals surface area (Å²) < 4.78 is 7.44. The molecule has 0 saturated heterocycles. The Balaban J connectivity index is 1.65. The van der Waals surface area contributed by atoms with Gasteiger partial charge in [-0.3, -0.25) is 0 Å². The van der Waals surface area contributed by atoms with Gasteiger partial charge < -0.3 is 4.74 Å². The van der Waals surface area contributed by atoms with Crippen LogP contribution in [0.1, 0.15) is 11.4 Å². The monoisotopic (exact) mass is 253 g/mol. The van der Waals surface area contributed by atoms with Crippen molar-refractivity contribution in [3.8, 4) is 5.75 Å². The molecule has 4 nitrogen and oxygen atoms in total. The fourth-order valence-corrected chi connectivity index (χ4v) is 1.91. The van der Waals surface area contributed by atoms with E-state index < -0.39 is 0 Å². The minimum absolute atomic E-state index is 0.583. The van der Waals surface area contributed by atoms with Gasteiger partial charge in [-0.25, -0.2) is 9.50 Å². The molecule has 19 heavy (non-hydrogen) atoms. The highest BCUT2D eigenvalue weighted by Crippen LogP contribution is 2.09. The third kappa shape index (κ3) is 2.73. The van der Waals surface area contributed by atoms with E-state index in [0.717, 1.165) is 17.2 Å². The maximum atomic E-state index is 5.64. The Hall–Kier alpha value is -2.36. The van der Waals surface area contributed by atoms with Crippen LogP contribution < -0.4 is 4.74 Å².